The van der Waals surface area contributed by atoms with Gasteiger partial charge in [0.1, 0.15) is 4.90 Å². The van der Waals surface area contributed by atoms with Crippen LogP contribution in [0.15, 0.2) is 23.4 Å². The minimum Gasteiger partial charge on any atom is -0.384 e. The van der Waals surface area contributed by atoms with Crippen LogP contribution in [-0.2, 0) is 14.8 Å². The number of sulfonamides is 1. The molecule has 1 aliphatic rings. The van der Waals surface area contributed by atoms with Gasteiger partial charge in [-0.25, -0.2) is 8.42 Å². The summed E-state index contributed by atoms with van der Waals surface area (Å²) in [5, 5.41) is 3.16. The van der Waals surface area contributed by atoms with E-state index in [9.17, 15) is 8.42 Å². The van der Waals surface area contributed by atoms with Crippen LogP contribution in [0.3, 0.4) is 0 Å². The zero-order chi connectivity index (χ0) is 15.3. The molecule has 0 bridgehead atoms. The van der Waals surface area contributed by atoms with Gasteiger partial charge in [0, 0.05) is 38.6 Å². The summed E-state index contributed by atoms with van der Waals surface area (Å²) in [5.74, 6) is 0. The number of hydrogen-bond acceptors (Lipinski definition) is 5. The van der Waals surface area contributed by atoms with E-state index in [1.807, 2.05) is 6.92 Å². The van der Waals surface area contributed by atoms with Crippen molar-refractivity contribution in [3.63, 3.8) is 0 Å². The maximum atomic E-state index is 12.9. The van der Waals surface area contributed by atoms with Gasteiger partial charge in [-0.2, -0.15) is 4.31 Å². The summed E-state index contributed by atoms with van der Waals surface area (Å²) >= 11 is 0. The molecular weight excluding hydrogens is 290 g/mol. The number of methoxy groups -OCH3 is 1. The third-order valence-corrected chi connectivity index (χ3v) is 5.39. The number of hydrogen-bond donors (Lipinski definition) is 1. The third-order valence-electron chi connectivity index (χ3n) is 3.41. The molecule has 1 aromatic heterocycles. The lowest BCUT2D eigenvalue weighted by Crippen LogP contribution is -2.36. The summed E-state index contributed by atoms with van der Waals surface area (Å²) in [7, 11) is -1.96. The van der Waals surface area contributed by atoms with Crippen LogP contribution in [0.2, 0.25) is 0 Å². The van der Waals surface area contributed by atoms with E-state index in [4.69, 9.17) is 4.74 Å². The molecular formula is C14H23N3O3S. The van der Waals surface area contributed by atoms with Crippen LogP contribution in [0, 0.1) is 0 Å². The molecule has 0 radical (unpaired) electrons. The Morgan fingerprint density at radius 1 is 1.48 bits per heavy atom. The van der Waals surface area contributed by atoms with Crippen molar-refractivity contribution in [2.24, 2.45) is 0 Å². The van der Waals surface area contributed by atoms with Crippen molar-refractivity contribution < 1.29 is 13.2 Å². The van der Waals surface area contributed by atoms with Gasteiger partial charge in [0.2, 0.25) is 10.0 Å². The molecule has 0 atom stereocenters. The third kappa shape index (κ3) is 3.93. The summed E-state index contributed by atoms with van der Waals surface area (Å²) in [6, 6.07) is 1.81. The maximum absolute atomic E-state index is 12.9. The van der Waals surface area contributed by atoms with E-state index in [-0.39, 0.29) is 10.9 Å². The van der Waals surface area contributed by atoms with Crippen molar-refractivity contribution in [1.29, 1.82) is 0 Å². The SMILES string of the molecule is CCCNc1ccncc1S(=O)(=O)N(CCOC)C1CC1. The lowest BCUT2D eigenvalue weighted by atomic mass is 10.4. The Hall–Kier alpha value is -1.18. The molecule has 0 unspecified atom stereocenters. The number of rotatable bonds is 9. The number of ether oxygens (including phenoxy) is 1. The van der Waals surface area contributed by atoms with E-state index in [0.717, 1.165) is 25.8 Å². The van der Waals surface area contributed by atoms with Gasteiger partial charge >= 0.3 is 0 Å². The van der Waals surface area contributed by atoms with Crippen LogP contribution < -0.4 is 5.32 Å². The van der Waals surface area contributed by atoms with Gasteiger partial charge in [-0.1, -0.05) is 6.92 Å². The first-order chi connectivity index (χ1) is 10.1. The summed E-state index contributed by atoms with van der Waals surface area (Å²) in [4.78, 5) is 4.24. The molecule has 0 saturated heterocycles. The smallest absolute Gasteiger partial charge is 0.246 e. The van der Waals surface area contributed by atoms with E-state index in [1.165, 1.54) is 6.20 Å². The molecule has 0 amide bonds. The first-order valence-corrected chi connectivity index (χ1v) is 8.74. The fourth-order valence-electron chi connectivity index (χ4n) is 2.16. The van der Waals surface area contributed by atoms with Crippen molar-refractivity contribution in [2.75, 3.05) is 32.1 Å². The topological polar surface area (TPSA) is 71.5 Å². The Morgan fingerprint density at radius 3 is 2.86 bits per heavy atom. The predicted octanol–water partition coefficient (Wildman–Crippen LogP) is 1.70. The number of nitrogens with one attached hydrogen (secondary N) is 1. The van der Waals surface area contributed by atoms with Crippen molar-refractivity contribution in [2.45, 2.75) is 37.1 Å². The van der Waals surface area contributed by atoms with Gasteiger partial charge in [0.15, 0.2) is 0 Å². The van der Waals surface area contributed by atoms with Gasteiger partial charge in [-0.05, 0) is 25.3 Å². The predicted molar refractivity (Wildman–Crippen MR) is 81.8 cm³/mol. The highest BCUT2D eigenvalue weighted by Gasteiger charge is 2.38. The molecule has 1 N–H and O–H groups in total. The first kappa shape index (κ1) is 16.2. The van der Waals surface area contributed by atoms with Crippen LogP contribution in [0.25, 0.3) is 0 Å². The van der Waals surface area contributed by atoms with E-state index in [0.29, 0.717) is 18.8 Å². The number of anilines is 1. The summed E-state index contributed by atoms with van der Waals surface area (Å²) in [6.07, 6.45) is 5.79. The lowest BCUT2D eigenvalue weighted by molar-refractivity contribution is 0.177. The number of pyridine rings is 1. The molecule has 0 aromatic carbocycles. The standard InChI is InChI=1S/C14H23N3O3S/c1-3-7-16-13-6-8-15-11-14(13)21(18,19)17(9-10-20-2)12-4-5-12/h6,8,11-12H,3-5,7,9-10H2,1-2H3,(H,15,16). The highest BCUT2D eigenvalue weighted by molar-refractivity contribution is 7.89. The van der Waals surface area contributed by atoms with Gasteiger partial charge < -0.3 is 10.1 Å². The molecule has 1 fully saturated rings. The molecule has 21 heavy (non-hydrogen) atoms. The van der Waals surface area contributed by atoms with Gasteiger partial charge in [0.25, 0.3) is 0 Å². The second-order valence-corrected chi connectivity index (χ2v) is 7.00. The molecule has 118 valence electrons. The van der Waals surface area contributed by atoms with Crippen LogP contribution >= 0.6 is 0 Å². The van der Waals surface area contributed by atoms with Gasteiger partial charge in [-0.3, -0.25) is 4.98 Å². The molecule has 6 nitrogen and oxygen atoms in total. The molecule has 1 aliphatic carbocycles. The highest BCUT2D eigenvalue weighted by Crippen LogP contribution is 2.33. The van der Waals surface area contributed by atoms with Crippen LogP contribution in [0.1, 0.15) is 26.2 Å². The van der Waals surface area contributed by atoms with E-state index in [1.54, 1.807) is 23.7 Å². The van der Waals surface area contributed by atoms with E-state index < -0.39 is 10.0 Å². The maximum Gasteiger partial charge on any atom is 0.246 e. The molecule has 1 heterocycles. The second kappa shape index (κ2) is 7.20. The average molecular weight is 313 g/mol. The summed E-state index contributed by atoms with van der Waals surface area (Å²) in [6.45, 7) is 3.55. The van der Waals surface area contributed by atoms with E-state index >= 15 is 0 Å². The minimum atomic E-state index is -3.54. The minimum absolute atomic E-state index is 0.101. The second-order valence-electron chi connectivity index (χ2n) is 5.14. The molecule has 1 aromatic rings. The summed E-state index contributed by atoms with van der Waals surface area (Å²) in [5.41, 5.74) is 0.620. The molecule has 0 spiro atoms. The largest absolute Gasteiger partial charge is 0.384 e. The number of aromatic nitrogens is 1. The average Bonchev–Trinajstić information content (AvgIpc) is 3.30. The fraction of sp³-hybridized carbons (Fsp3) is 0.643. The monoisotopic (exact) mass is 313 g/mol. The number of nitrogens with zero attached hydrogens (tertiary/aromatic N) is 2. The zero-order valence-electron chi connectivity index (χ0n) is 12.6. The van der Waals surface area contributed by atoms with Crippen molar-refractivity contribution in [1.82, 2.24) is 9.29 Å². The summed E-state index contributed by atoms with van der Waals surface area (Å²) < 4.78 is 32.4. The molecule has 2 rings (SSSR count). The lowest BCUT2D eigenvalue weighted by Gasteiger charge is -2.23. The Balaban J connectivity index is 2.28. The highest BCUT2D eigenvalue weighted by atomic mass is 32.2. The van der Waals surface area contributed by atoms with E-state index in [2.05, 4.69) is 10.3 Å². The van der Waals surface area contributed by atoms with Crippen molar-refractivity contribution >= 4 is 15.7 Å². The first-order valence-electron chi connectivity index (χ1n) is 7.30. The Morgan fingerprint density at radius 2 is 2.24 bits per heavy atom. The quantitative estimate of drug-likeness (QED) is 0.751. The van der Waals surface area contributed by atoms with Gasteiger partial charge in [-0.15, -0.1) is 0 Å². The van der Waals surface area contributed by atoms with Crippen LogP contribution in [0.4, 0.5) is 5.69 Å². The molecule has 1 saturated carbocycles. The Labute approximate surface area is 126 Å². The normalized spacial score (nSPS) is 15.4. The molecule has 0 aliphatic heterocycles. The van der Waals surface area contributed by atoms with Crippen molar-refractivity contribution in [3.05, 3.63) is 18.5 Å². The van der Waals surface area contributed by atoms with Gasteiger partial charge in [0.05, 0.1) is 12.3 Å². The van der Waals surface area contributed by atoms with Crippen LogP contribution in [0.5, 0.6) is 0 Å². The molecule has 7 heteroatoms. The Bertz CT molecular complexity index is 558. The van der Waals surface area contributed by atoms with Crippen LogP contribution in [-0.4, -0.2) is 50.6 Å². The zero-order valence-corrected chi connectivity index (χ0v) is 13.4. The van der Waals surface area contributed by atoms with Crippen molar-refractivity contribution in [3.8, 4) is 0 Å². The Kier molecular flexibility index (Phi) is 5.55. The fourth-order valence-corrected chi connectivity index (χ4v) is 3.94.